The molecule has 0 aromatic carbocycles. The third-order valence-electron chi connectivity index (χ3n) is 2.78. The number of rotatable bonds is 2. The van der Waals surface area contributed by atoms with Crippen LogP contribution >= 0.6 is 15.9 Å². The van der Waals surface area contributed by atoms with Crippen molar-refractivity contribution in [1.82, 2.24) is 19.9 Å². The fourth-order valence-corrected chi connectivity index (χ4v) is 2.06. The van der Waals surface area contributed by atoms with E-state index in [-0.39, 0.29) is 27.1 Å². The highest BCUT2D eigenvalue weighted by atomic mass is 79.9. The lowest BCUT2D eigenvalue weighted by atomic mass is 10.2. The number of fused-ring (bicyclic) bond motifs is 1. The van der Waals surface area contributed by atoms with Gasteiger partial charge in [-0.15, -0.1) is 6.42 Å². The van der Waals surface area contributed by atoms with Gasteiger partial charge in [-0.2, -0.15) is 4.39 Å². The Morgan fingerprint density at radius 3 is 2.77 bits per heavy atom. The minimum absolute atomic E-state index is 0.00817. The summed E-state index contributed by atoms with van der Waals surface area (Å²) >= 11 is 2.99. The molecule has 0 radical (unpaired) electrons. The highest BCUT2D eigenvalue weighted by Gasteiger charge is 2.12. The SMILES string of the molecule is C#Cc1cnc(F)c(Nc2ncnc3cc(F)c(Br)nc23)c1. The second kappa shape index (κ2) is 5.61. The van der Waals surface area contributed by atoms with Gasteiger partial charge in [0.15, 0.2) is 11.6 Å². The van der Waals surface area contributed by atoms with Crippen molar-refractivity contribution in [1.29, 1.82) is 0 Å². The van der Waals surface area contributed by atoms with E-state index in [9.17, 15) is 8.78 Å². The van der Waals surface area contributed by atoms with E-state index in [2.05, 4.69) is 47.1 Å². The molecule has 0 spiro atoms. The highest BCUT2D eigenvalue weighted by molar-refractivity contribution is 9.10. The van der Waals surface area contributed by atoms with Gasteiger partial charge in [-0.1, -0.05) is 5.92 Å². The molecule has 0 aliphatic rings. The molecule has 3 aromatic rings. The number of hydrogen-bond acceptors (Lipinski definition) is 5. The number of pyridine rings is 2. The van der Waals surface area contributed by atoms with E-state index in [1.807, 2.05) is 0 Å². The lowest BCUT2D eigenvalue weighted by Gasteiger charge is -2.09. The van der Waals surface area contributed by atoms with E-state index < -0.39 is 11.8 Å². The van der Waals surface area contributed by atoms with Gasteiger partial charge in [-0.05, 0) is 22.0 Å². The topological polar surface area (TPSA) is 63.6 Å². The van der Waals surface area contributed by atoms with Crippen molar-refractivity contribution >= 4 is 38.5 Å². The maximum Gasteiger partial charge on any atom is 0.236 e. The minimum atomic E-state index is -0.744. The summed E-state index contributed by atoms with van der Waals surface area (Å²) in [6, 6.07) is 2.61. The lowest BCUT2D eigenvalue weighted by Crippen LogP contribution is -2.02. The van der Waals surface area contributed by atoms with Gasteiger partial charge in [-0.3, -0.25) is 0 Å². The molecule has 3 aromatic heterocycles. The van der Waals surface area contributed by atoms with Crippen LogP contribution in [0.25, 0.3) is 11.0 Å². The van der Waals surface area contributed by atoms with Crippen molar-refractivity contribution in [3.05, 3.63) is 46.6 Å². The fraction of sp³-hybridized carbons (Fsp3) is 0. The summed E-state index contributed by atoms with van der Waals surface area (Å²) in [5, 5.41) is 2.75. The molecule has 1 N–H and O–H groups in total. The Labute approximate surface area is 132 Å². The zero-order chi connectivity index (χ0) is 15.7. The zero-order valence-corrected chi connectivity index (χ0v) is 12.4. The summed E-state index contributed by atoms with van der Waals surface area (Å²) in [6.45, 7) is 0. The molecule has 0 saturated heterocycles. The Bertz CT molecular complexity index is 923. The fourth-order valence-electron chi connectivity index (χ4n) is 1.77. The Morgan fingerprint density at radius 2 is 2.00 bits per heavy atom. The molecule has 8 heteroatoms. The third kappa shape index (κ3) is 2.58. The van der Waals surface area contributed by atoms with E-state index in [1.165, 1.54) is 24.7 Å². The monoisotopic (exact) mass is 361 g/mol. The number of nitrogens with zero attached hydrogens (tertiary/aromatic N) is 4. The molecule has 3 heterocycles. The predicted octanol–water partition coefficient (Wildman–Crippen LogP) is 3.19. The molecule has 0 bridgehead atoms. The van der Waals surface area contributed by atoms with E-state index in [0.29, 0.717) is 5.56 Å². The van der Waals surface area contributed by atoms with Crippen molar-refractivity contribution in [2.75, 3.05) is 5.32 Å². The van der Waals surface area contributed by atoms with Gasteiger partial charge < -0.3 is 5.32 Å². The number of anilines is 2. The second-order valence-electron chi connectivity index (χ2n) is 4.18. The molecule has 0 fully saturated rings. The predicted molar refractivity (Wildman–Crippen MR) is 80.4 cm³/mol. The number of terminal acetylenes is 1. The number of nitrogens with one attached hydrogen (secondary N) is 1. The number of aromatic nitrogens is 4. The van der Waals surface area contributed by atoms with Gasteiger partial charge in [0.1, 0.15) is 16.4 Å². The maximum atomic E-state index is 13.8. The van der Waals surface area contributed by atoms with Crippen LogP contribution in [0.3, 0.4) is 0 Å². The van der Waals surface area contributed by atoms with Crippen LogP contribution < -0.4 is 5.32 Å². The van der Waals surface area contributed by atoms with Gasteiger partial charge in [-0.25, -0.2) is 24.3 Å². The molecule has 0 atom stereocenters. The maximum absolute atomic E-state index is 13.8. The summed E-state index contributed by atoms with van der Waals surface area (Å²) in [4.78, 5) is 15.5. The molecule has 0 unspecified atom stereocenters. The average molecular weight is 362 g/mol. The van der Waals surface area contributed by atoms with Gasteiger partial charge in [0.2, 0.25) is 5.95 Å². The molecule has 0 saturated carbocycles. The van der Waals surface area contributed by atoms with Crippen LogP contribution in [0.4, 0.5) is 20.3 Å². The largest absolute Gasteiger partial charge is 0.335 e. The first-order valence-electron chi connectivity index (χ1n) is 5.94. The zero-order valence-electron chi connectivity index (χ0n) is 10.8. The molecule has 22 heavy (non-hydrogen) atoms. The van der Waals surface area contributed by atoms with Crippen molar-refractivity contribution in [3.8, 4) is 12.3 Å². The number of halogens is 3. The summed E-state index contributed by atoms with van der Waals surface area (Å²) in [6.07, 6.45) is 7.72. The Balaban J connectivity index is 2.12. The van der Waals surface area contributed by atoms with Crippen LogP contribution in [0.2, 0.25) is 0 Å². The van der Waals surface area contributed by atoms with Crippen LogP contribution in [0.5, 0.6) is 0 Å². The van der Waals surface area contributed by atoms with E-state index in [1.54, 1.807) is 0 Å². The minimum Gasteiger partial charge on any atom is -0.335 e. The van der Waals surface area contributed by atoms with Crippen molar-refractivity contribution < 1.29 is 8.78 Å². The first kappa shape index (κ1) is 14.3. The molecule has 108 valence electrons. The van der Waals surface area contributed by atoms with Gasteiger partial charge in [0, 0.05) is 17.8 Å². The summed E-state index contributed by atoms with van der Waals surface area (Å²) in [7, 11) is 0. The highest BCUT2D eigenvalue weighted by Crippen LogP contribution is 2.25. The van der Waals surface area contributed by atoms with Crippen LogP contribution in [-0.4, -0.2) is 19.9 Å². The molecule has 3 rings (SSSR count). The van der Waals surface area contributed by atoms with Crippen LogP contribution in [0.1, 0.15) is 5.56 Å². The number of hydrogen-bond donors (Lipinski definition) is 1. The third-order valence-corrected chi connectivity index (χ3v) is 3.34. The second-order valence-corrected chi connectivity index (χ2v) is 4.93. The van der Waals surface area contributed by atoms with E-state index in [0.717, 1.165) is 0 Å². The van der Waals surface area contributed by atoms with Gasteiger partial charge in [0.25, 0.3) is 0 Å². The summed E-state index contributed by atoms with van der Waals surface area (Å²) < 4.78 is 27.3. The quantitative estimate of drug-likeness (QED) is 0.561. The Morgan fingerprint density at radius 1 is 1.18 bits per heavy atom. The molecule has 0 amide bonds. The summed E-state index contributed by atoms with van der Waals surface area (Å²) in [5.74, 6) is 1.27. The Kier molecular flexibility index (Phi) is 3.65. The normalized spacial score (nSPS) is 10.5. The van der Waals surface area contributed by atoms with Crippen LogP contribution in [0.15, 0.2) is 29.3 Å². The van der Waals surface area contributed by atoms with Crippen LogP contribution in [-0.2, 0) is 0 Å². The molecule has 5 nitrogen and oxygen atoms in total. The van der Waals surface area contributed by atoms with Crippen molar-refractivity contribution in [3.63, 3.8) is 0 Å². The molecular formula is C14H6BrF2N5. The smallest absolute Gasteiger partial charge is 0.236 e. The van der Waals surface area contributed by atoms with Gasteiger partial charge >= 0.3 is 0 Å². The van der Waals surface area contributed by atoms with Crippen molar-refractivity contribution in [2.24, 2.45) is 0 Å². The molecule has 0 aliphatic heterocycles. The van der Waals surface area contributed by atoms with Gasteiger partial charge in [0.05, 0.1) is 11.2 Å². The average Bonchev–Trinajstić information content (AvgIpc) is 2.51. The lowest BCUT2D eigenvalue weighted by molar-refractivity contribution is 0.588. The standard InChI is InChI=1S/C14H6BrF2N5/c1-2-7-3-10(13(17)18-5-7)21-14-11-9(19-6-20-14)4-8(16)12(15)22-11/h1,3-6H,(H,19,20,21). The van der Waals surface area contributed by atoms with Crippen molar-refractivity contribution in [2.45, 2.75) is 0 Å². The molecular weight excluding hydrogens is 356 g/mol. The van der Waals surface area contributed by atoms with Crippen LogP contribution in [0, 0.1) is 24.1 Å². The molecule has 0 aliphatic carbocycles. The first-order valence-corrected chi connectivity index (χ1v) is 6.73. The van der Waals surface area contributed by atoms with E-state index >= 15 is 0 Å². The summed E-state index contributed by atoms with van der Waals surface area (Å²) in [5.41, 5.74) is 1.00. The Hall–Kier alpha value is -2.66. The first-order chi connectivity index (χ1) is 10.6. The van der Waals surface area contributed by atoms with E-state index in [4.69, 9.17) is 6.42 Å².